The van der Waals surface area contributed by atoms with Crippen LogP contribution in [0.15, 0.2) is 60.8 Å². The third-order valence-electron chi connectivity index (χ3n) is 15.9. The Labute approximate surface area is 504 Å². The molecule has 8 nitrogen and oxygen atoms in total. The van der Waals surface area contributed by atoms with Crippen molar-refractivity contribution < 1.29 is 32.9 Å². The topological polar surface area (TPSA) is 105 Å². The molecular formula is C72H138N2O6P+. The molecule has 0 fully saturated rings. The minimum atomic E-state index is -4.36. The van der Waals surface area contributed by atoms with E-state index in [9.17, 15) is 19.4 Å². The van der Waals surface area contributed by atoms with Crippen molar-refractivity contribution in [2.24, 2.45) is 0 Å². The van der Waals surface area contributed by atoms with Gasteiger partial charge in [-0.1, -0.05) is 319 Å². The number of carbonyl (C=O) groups excluding carboxylic acids is 1. The predicted molar refractivity (Wildman–Crippen MR) is 355 cm³/mol. The summed E-state index contributed by atoms with van der Waals surface area (Å²) in [7, 11) is 1.56. The predicted octanol–water partition coefficient (Wildman–Crippen LogP) is 22.4. The summed E-state index contributed by atoms with van der Waals surface area (Å²) < 4.78 is 23.7. The molecule has 3 N–H and O–H groups in total. The molecule has 0 saturated carbocycles. The third-order valence-corrected chi connectivity index (χ3v) is 16.9. The van der Waals surface area contributed by atoms with Gasteiger partial charge in [0.15, 0.2) is 0 Å². The van der Waals surface area contributed by atoms with Crippen molar-refractivity contribution in [3.05, 3.63) is 60.8 Å². The maximum absolute atomic E-state index is 13.0. The second kappa shape index (κ2) is 62.7. The third kappa shape index (κ3) is 65.6. The molecule has 0 aromatic carbocycles. The summed E-state index contributed by atoms with van der Waals surface area (Å²) in [5.41, 5.74) is 0. The summed E-state index contributed by atoms with van der Waals surface area (Å²) in [6.07, 6.45) is 86.8. The summed E-state index contributed by atoms with van der Waals surface area (Å²) in [4.78, 5) is 23.4. The Morgan fingerprint density at radius 2 is 0.716 bits per heavy atom. The van der Waals surface area contributed by atoms with Crippen LogP contribution in [0.4, 0.5) is 0 Å². The number of nitrogens with one attached hydrogen (secondary N) is 1. The lowest BCUT2D eigenvalue weighted by molar-refractivity contribution is -0.870. The zero-order valence-electron chi connectivity index (χ0n) is 54.5. The van der Waals surface area contributed by atoms with E-state index in [1.54, 1.807) is 6.08 Å². The summed E-state index contributed by atoms with van der Waals surface area (Å²) in [6.45, 7) is 4.80. The first-order valence-corrected chi connectivity index (χ1v) is 36.7. The molecule has 3 unspecified atom stereocenters. The van der Waals surface area contributed by atoms with E-state index in [0.717, 1.165) is 51.4 Å². The van der Waals surface area contributed by atoms with Gasteiger partial charge in [0.25, 0.3) is 0 Å². The Hall–Kier alpha value is -1.80. The molecule has 476 valence electrons. The Balaban J connectivity index is 3.92. The van der Waals surface area contributed by atoms with Gasteiger partial charge in [-0.05, 0) is 77.0 Å². The van der Waals surface area contributed by atoms with Crippen LogP contribution in [0, 0.1) is 0 Å². The number of aliphatic hydroxyl groups is 1. The quantitative estimate of drug-likeness (QED) is 0.0243. The van der Waals surface area contributed by atoms with Crippen LogP contribution < -0.4 is 5.32 Å². The number of allylic oxidation sites excluding steroid dienone is 9. The standard InChI is InChI=1S/C72H137N2O6P/c1-6-8-10-12-14-16-18-20-22-24-26-27-28-29-30-31-32-33-34-35-36-37-38-39-40-41-42-43-44-45-46-47-48-50-52-54-56-58-60-62-64-66-72(76)73-70(69-80-81(77,78)79-68-67-74(3,4)5)71(75)65-63-61-59-57-55-53-51-49-25-23-21-19-17-15-13-11-9-7-2/h18,20,24-26,49,55,57,63,65,70-71,75H,6-17,19,21-23,27-48,50-54,56,58-62,64,66-69H2,1-5H3,(H-,73,76,77,78)/p+1/b20-18-,26-24-,49-25+,57-55+,65-63+. The number of likely N-dealkylation sites (N-methyl/N-ethyl adjacent to an activating group) is 1. The average molecular weight is 1160 g/mol. The first-order chi connectivity index (χ1) is 39.5. The maximum Gasteiger partial charge on any atom is 0.472 e. The lowest BCUT2D eigenvalue weighted by Crippen LogP contribution is -2.45. The Bertz CT molecular complexity index is 1500. The van der Waals surface area contributed by atoms with Gasteiger partial charge in [0.1, 0.15) is 13.2 Å². The summed E-state index contributed by atoms with van der Waals surface area (Å²) >= 11 is 0. The van der Waals surface area contributed by atoms with Crippen molar-refractivity contribution >= 4 is 13.7 Å². The highest BCUT2D eigenvalue weighted by atomic mass is 31.2. The fourth-order valence-corrected chi connectivity index (χ4v) is 11.2. The molecule has 0 aromatic heterocycles. The van der Waals surface area contributed by atoms with Crippen LogP contribution in [0.2, 0.25) is 0 Å². The molecule has 0 bridgehead atoms. The van der Waals surface area contributed by atoms with Gasteiger partial charge < -0.3 is 19.8 Å². The summed E-state index contributed by atoms with van der Waals surface area (Å²) in [5, 5.41) is 13.9. The normalized spacial score (nSPS) is 14.0. The van der Waals surface area contributed by atoms with Gasteiger partial charge in [-0.25, -0.2) is 4.57 Å². The molecular weight excluding hydrogens is 1020 g/mol. The monoisotopic (exact) mass is 1160 g/mol. The largest absolute Gasteiger partial charge is 0.472 e. The molecule has 0 spiro atoms. The van der Waals surface area contributed by atoms with Crippen molar-refractivity contribution in [1.29, 1.82) is 0 Å². The van der Waals surface area contributed by atoms with Crippen LogP contribution in [-0.4, -0.2) is 73.4 Å². The number of quaternary nitrogens is 1. The van der Waals surface area contributed by atoms with E-state index in [2.05, 4.69) is 67.8 Å². The minimum Gasteiger partial charge on any atom is -0.387 e. The summed E-state index contributed by atoms with van der Waals surface area (Å²) in [6, 6.07) is -0.870. The van der Waals surface area contributed by atoms with Gasteiger partial charge in [-0.2, -0.15) is 0 Å². The zero-order valence-corrected chi connectivity index (χ0v) is 55.4. The molecule has 81 heavy (non-hydrogen) atoms. The van der Waals surface area contributed by atoms with Crippen LogP contribution in [-0.2, 0) is 18.4 Å². The fourth-order valence-electron chi connectivity index (χ4n) is 10.5. The molecule has 0 aliphatic carbocycles. The lowest BCUT2D eigenvalue weighted by Gasteiger charge is -2.25. The van der Waals surface area contributed by atoms with E-state index in [-0.39, 0.29) is 19.1 Å². The Kier molecular flexibility index (Phi) is 61.3. The van der Waals surface area contributed by atoms with E-state index >= 15 is 0 Å². The lowest BCUT2D eigenvalue weighted by atomic mass is 10.0. The van der Waals surface area contributed by atoms with Crippen LogP contribution in [0.5, 0.6) is 0 Å². The van der Waals surface area contributed by atoms with E-state index in [4.69, 9.17) is 9.05 Å². The van der Waals surface area contributed by atoms with Crippen LogP contribution in [0.3, 0.4) is 0 Å². The number of hydrogen-bond donors (Lipinski definition) is 3. The number of phosphoric ester groups is 1. The van der Waals surface area contributed by atoms with Crippen LogP contribution >= 0.6 is 7.82 Å². The number of hydrogen-bond acceptors (Lipinski definition) is 5. The first-order valence-electron chi connectivity index (χ1n) is 35.2. The van der Waals surface area contributed by atoms with Crippen molar-refractivity contribution in [3.63, 3.8) is 0 Å². The molecule has 9 heteroatoms. The van der Waals surface area contributed by atoms with E-state index in [1.165, 1.54) is 270 Å². The van der Waals surface area contributed by atoms with Gasteiger partial charge in [-0.3, -0.25) is 13.8 Å². The van der Waals surface area contributed by atoms with Crippen LogP contribution in [0.1, 0.15) is 341 Å². The number of unbranched alkanes of at least 4 members (excludes halogenated alkanes) is 44. The van der Waals surface area contributed by atoms with Gasteiger partial charge in [-0.15, -0.1) is 0 Å². The van der Waals surface area contributed by atoms with Crippen molar-refractivity contribution in [1.82, 2.24) is 5.32 Å². The van der Waals surface area contributed by atoms with E-state index in [0.29, 0.717) is 17.4 Å². The van der Waals surface area contributed by atoms with Gasteiger partial charge in [0.05, 0.1) is 39.9 Å². The molecule has 0 aliphatic heterocycles. The minimum absolute atomic E-state index is 0.0541. The smallest absolute Gasteiger partial charge is 0.387 e. The summed E-state index contributed by atoms with van der Waals surface area (Å²) in [5.74, 6) is -0.186. The van der Waals surface area contributed by atoms with Crippen LogP contribution in [0.25, 0.3) is 0 Å². The SMILES string of the molecule is CCCCCCC/C=C\C/C=C\CCCCCCCCCCCCCCCCCCCCCCCCCCCCCCCC(=O)NC(COP(=O)(O)OCC[N+](C)(C)C)C(O)/C=C/CC/C=C/CC/C=C/CCCCCCCCCC. The molecule has 0 saturated heterocycles. The van der Waals surface area contributed by atoms with Crippen molar-refractivity contribution in [2.45, 2.75) is 353 Å². The molecule has 0 radical (unpaired) electrons. The Morgan fingerprint density at radius 1 is 0.420 bits per heavy atom. The van der Waals surface area contributed by atoms with Gasteiger partial charge in [0.2, 0.25) is 5.91 Å². The highest BCUT2D eigenvalue weighted by Crippen LogP contribution is 2.43. The number of nitrogens with zero attached hydrogens (tertiary/aromatic N) is 1. The molecule has 3 atom stereocenters. The Morgan fingerprint density at radius 3 is 1.06 bits per heavy atom. The molecule has 1 amide bonds. The fraction of sp³-hybridized carbons (Fsp3) is 0.847. The van der Waals surface area contributed by atoms with E-state index < -0.39 is 20.0 Å². The molecule has 0 aliphatic rings. The average Bonchev–Trinajstić information content (AvgIpc) is 3.43. The number of carbonyl (C=O) groups is 1. The second-order valence-corrected chi connectivity index (χ2v) is 26.7. The first kappa shape index (κ1) is 79.2. The van der Waals surface area contributed by atoms with Gasteiger partial charge in [0, 0.05) is 6.42 Å². The number of rotatable bonds is 65. The highest BCUT2D eigenvalue weighted by Gasteiger charge is 2.28. The highest BCUT2D eigenvalue weighted by molar-refractivity contribution is 7.47. The van der Waals surface area contributed by atoms with E-state index in [1.807, 2.05) is 27.2 Å². The van der Waals surface area contributed by atoms with Crippen molar-refractivity contribution in [3.8, 4) is 0 Å². The number of phosphoric acid groups is 1. The number of amides is 1. The molecule has 0 aromatic rings. The number of aliphatic hydroxyl groups excluding tert-OH is 1. The zero-order chi connectivity index (χ0) is 59.1. The molecule has 0 heterocycles. The maximum atomic E-state index is 13.0. The second-order valence-electron chi connectivity index (χ2n) is 25.2. The van der Waals surface area contributed by atoms with Gasteiger partial charge >= 0.3 is 7.82 Å². The molecule has 0 rings (SSSR count). The van der Waals surface area contributed by atoms with Crippen molar-refractivity contribution in [2.75, 3.05) is 40.9 Å².